The molecule has 1 heterocycles. The number of allylic oxidation sites excluding steroid dienone is 1. The Balaban J connectivity index is 1.99. The van der Waals surface area contributed by atoms with Crippen LogP contribution in [0.3, 0.4) is 0 Å². The topological polar surface area (TPSA) is 87.7 Å². The summed E-state index contributed by atoms with van der Waals surface area (Å²) >= 11 is 0. The summed E-state index contributed by atoms with van der Waals surface area (Å²) in [5.41, 5.74) is -3.26. The molecule has 7 nitrogen and oxygen atoms in total. The number of carbonyl (C=O) groups excluding carboxylic acids is 3. The molecular formula is C28H29F6N3O4. The monoisotopic (exact) mass is 585 g/mol. The lowest BCUT2D eigenvalue weighted by atomic mass is 9.94. The minimum atomic E-state index is -5.12. The number of unbranched alkanes of at least 4 members (excludes halogenated alkanes) is 1. The fourth-order valence-corrected chi connectivity index (χ4v) is 4.24. The third kappa shape index (κ3) is 7.59. The minimum Gasteiger partial charge on any atom is -0.459 e. The Bertz CT molecular complexity index is 1320. The molecule has 0 saturated carbocycles. The normalized spacial score (nSPS) is 16.1. The standard InChI is InChI=1S/C28H29F6N3O4/c1-5-6-10-37-16(4)22(25(39)41-15(2)3)23(36-26(37)40)17-8-7-9-21(13-17)35-24(38)18-11-19(27(29,30)31)14-20(12-18)28(32,33)34/h7-9,11-15,23H,5-6,10H2,1-4H3,(H,35,38)(H,36,40). The van der Waals surface area contributed by atoms with Crippen LogP contribution in [0.2, 0.25) is 0 Å². The van der Waals surface area contributed by atoms with Gasteiger partial charge >= 0.3 is 24.4 Å². The highest BCUT2D eigenvalue weighted by molar-refractivity contribution is 6.04. The van der Waals surface area contributed by atoms with E-state index in [9.17, 15) is 40.7 Å². The van der Waals surface area contributed by atoms with Crippen molar-refractivity contribution in [2.75, 3.05) is 11.9 Å². The fraction of sp³-hybridized carbons (Fsp3) is 0.393. The fourth-order valence-electron chi connectivity index (χ4n) is 4.24. The van der Waals surface area contributed by atoms with Crippen LogP contribution in [0, 0.1) is 0 Å². The van der Waals surface area contributed by atoms with Crippen molar-refractivity contribution >= 4 is 23.6 Å². The molecule has 0 radical (unpaired) electrons. The van der Waals surface area contributed by atoms with Crippen molar-refractivity contribution in [2.24, 2.45) is 0 Å². The van der Waals surface area contributed by atoms with Gasteiger partial charge in [0, 0.05) is 23.5 Å². The molecule has 13 heteroatoms. The Kier molecular flexibility index (Phi) is 9.40. The Morgan fingerprint density at radius 3 is 2.17 bits per heavy atom. The van der Waals surface area contributed by atoms with Crippen molar-refractivity contribution in [3.05, 3.63) is 76.0 Å². The first-order valence-electron chi connectivity index (χ1n) is 12.7. The molecule has 222 valence electrons. The largest absolute Gasteiger partial charge is 0.459 e. The third-order valence-corrected chi connectivity index (χ3v) is 6.22. The molecule has 0 aromatic heterocycles. The van der Waals surface area contributed by atoms with E-state index in [2.05, 4.69) is 10.6 Å². The van der Waals surface area contributed by atoms with Gasteiger partial charge in [-0.25, -0.2) is 9.59 Å². The van der Waals surface area contributed by atoms with Gasteiger partial charge in [0.25, 0.3) is 5.91 Å². The van der Waals surface area contributed by atoms with Crippen LogP contribution in [0.15, 0.2) is 53.7 Å². The number of hydrogen-bond acceptors (Lipinski definition) is 4. The van der Waals surface area contributed by atoms with Crippen molar-refractivity contribution in [1.82, 2.24) is 10.2 Å². The summed E-state index contributed by atoms with van der Waals surface area (Å²) in [7, 11) is 0. The van der Waals surface area contributed by atoms with Gasteiger partial charge in [-0.05, 0) is 63.1 Å². The first-order valence-corrected chi connectivity index (χ1v) is 12.7. The number of benzene rings is 2. The molecule has 0 saturated heterocycles. The Morgan fingerprint density at radius 1 is 1.02 bits per heavy atom. The number of carbonyl (C=O) groups is 3. The molecule has 0 fully saturated rings. The van der Waals surface area contributed by atoms with E-state index in [-0.39, 0.29) is 17.3 Å². The number of anilines is 1. The van der Waals surface area contributed by atoms with Crippen molar-refractivity contribution in [1.29, 1.82) is 0 Å². The van der Waals surface area contributed by atoms with Crippen LogP contribution in [0.25, 0.3) is 0 Å². The lowest BCUT2D eigenvalue weighted by molar-refractivity contribution is -0.144. The average molecular weight is 586 g/mol. The molecule has 1 atom stereocenters. The van der Waals surface area contributed by atoms with Gasteiger partial charge in [-0.15, -0.1) is 0 Å². The Hall–Kier alpha value is -4.03. The predicted octanol–water partition coefficient (Wildman–Crippen LogP) is 7.07. The van der Waals surface area contributed by atoms with Crippen molar-refractivity contribution < 1.29 is 45.5 Å². The van der Waals surface area contributed by atoms with Crippen molar-refractivity contribution in [2.45, 2.75) is 65.0 Å². The average Bonchev–Trinajstić information content (AvgIpc) is 2.86. The molecule has 2 aromatic carbocycles. The number of hydrogen-bond donors (Lipinski definition) is 2. The summed E-state index contributed by atoms with van der Waals surface area (Å²) in [5.74, 6) is -1.90. The summed E-state index contributed by atoms with van der Waals surface area (Å²) in [5, 5.41) is 5.05. The molecule has 0 spiro atoms. The number of nitrogens with zero attached hydrogens (tertiary/aromatic N) is 1. The van der Waals surface area contributed by atoms with Crippen LogP contribution in [0.1, 0.15) is 73.6 Å². The van der Waals surface area contributed by atoms with E-state index in [1.165, 1.54) is 23.1 Å². The van der Waals surface area contributed by atoms with E-state index < -0.39 is 59.1 Å². The van der Waals surface area contributed by atoms with Crippen LogP contribution in [0.4, 0.5) is 36.8 Å². The smallest absolute Gasteiger partial charge is 0.416 e. The molecule has 3 rings (SSSR count). The van der Waals surface area contributed by atoms with Gasteiger partial charge in [-0.1, -0.05) is 25.5 Å². The number of nitrogens with one attached hydrogen (secondary N) is 2. The first kappa shape index (κ1) is 31.5. The molecule has 2 aromatic rings. The lowest BCUT2D eigenvalue weighted by Crippen LogP contribution is -2.48. The maximum absolute atomic E-state index is 13.2. The minimum absolute atomic E-state index is 0.00959. The van der Waals surface area contributed by atoms with E-state index >= 15 is 0 Å². The molecule has 1 aliphatic rings. The molecule has 3 amide bonds. The maximum atomic E-state index is 13.2. The third-order valence-electron chi connectivity index (χ3n) is 6.22. The predicted molar refractivity (Wildman–Crippen MR) is 138 cm³/mol. The molecule has 0 bridgehead atoms. The number of alkyl halides is 6. The van der Waals surface area contributed by atoms with E-state index in [1.54, 1.807) is 26.8 Å². The number of urea groups is 1. The Labute approximate surface area is 232 Å². The molecule has 41 heavy (non-hydrogen) atoms. The second-order valence-corrected chi connectivity index (χ2v) is 9.71. The summed E-state index contributed by atoms with van der Waals surface area (Å²) in [6.07, 6.45) is -9.24. The van der Waals surface area contributed by atoms with Gasteiger partial charge in [0.1, 0.15) is 0 Å². The lowest BCUT2D eigenvalue weighted by Gasteiger charge is -2.35. The second kappa shape index (κ2) is 12.2. The molecular weight excluding hydrogens is 556 g/mol. The van der Waals surface area contributed by atoms with E-state index in [1.807, 2.05) is 6.92 Å². The second-order valence-electron chi connectivity index (χ2n) is 9.71. The van der Waals surface area contributed by atoms with E-state index in [4.69, 9.17) is 4.74 Å². The van der Waals surface area contributed by atoms with Crippen molar-refractivity contribution in [3.63, 3.8) is 0 Å². The van der Waals surface area contributed by atoms with Crippen molar-refractivity contribution in [3.8, 4) is 0 Å². The van der Waals surface area contributed by atoms with Gasteiger partial charge < -0.3 is 15.4 Å². The number of esters is 1. The molecule has 2 N–H and O–H groups in total. The zero-order valence-corrected chi connectivity index (χ0v) is 22.7. The summed E-state index contributed by atoms with van der Waals surface area (Å²) in [6, 6.07) is 4.82. The number of amides is 3. The van der Waals surface area contributed by atoms with Gasteiger partial charge in [-0.2, -0.15) is 26.3 Å². The molecule has 1 aliphatic heterocycles. The molecule has 1 unspecified atom stereocenters. The van der Waals surface area contributed by atoms with E-state index in [0.717, 1.165) is 6.42 Å². The first-order chi connectivity index (χ1) is 19.0. The van der Waals surface area contributed by atoms with Crippen LogP contribution < -0.4 is 10.6 Å². The van der Waals surface area contributed by atoms with Gasteiger partial charge in [0.2, 0.25) is 0 Å². The summed E-state index contributed by atoms with van der Waals surface area (Å²) < 4.78 is 84.9. The SMILES string of the molecule is CCCCN1C(=O)NC(c2cccc(NC(=O)c3cc(C(F)(F)F)cc(C(F)(F)F)c3)c2)C(C(=O)OC(C)C)=C1C. The molecule has 0 aliphatic carbocycles. The maximum Gasteiger partial charge on any atom is 0.416 e. The number of rotatable bonds is 8. The Morgan fingerprint density at radius 2 is 1.63 bits per heavy atom. The van der Waals surface area contributed by atoms with Crippen LogP contribution >= 0.6 is 0 Å². The highest BCUT2D eigenvalue weighted by Crippen LogP contribution is 2.37. The summed E-state index contributed by atoms with van der Waals surface area (Å²) in [4.78, 5) is 40.2. The summed E-state index contributed by atoms with van der Waals surface area (Å²) in [6.45, 7) is 7.23. The number of ether oxygens (including phenoxy) is 1. The van der Waals surface area contributed by atoms with Crippen LogP contribution in [0.5, 0.6) is 0 Å². The number of halogens is 6. The quantitative estimate of drug-likeness (QED) is 0.256. The zero-order valence-electron chi connectivity index (χ0n) is 22.7. The van der Waals surface area contributed by atoms with Crippen LogP contribution in [-0.4, -0.2) is 35.5 Å². The highest BCUT2D eigenvalue weighted by atomic mass is 19.4. The van der Waals surface area contributed by atoms with E-state index in [0.29, 0.717) is 36.4 Å². The van der Waals surface area contributed by atoms with Gasteiger partial charge in [0.05, 0.1) is 28.8 Å². The van der Waals surface area contributed by atoms with Gasteiger partial charge in [0.15, 0.2) is 0 Å². The van der Waals surface area contributed by atoms with Crippen LogP contribution in [-0.2, 0) is 21.9 Å². The highest BCUT2D eigenvalue weighted by Gasteiger charge is 2.38. The van der Waals surface area contributed by atoms with Gasteiger partial charge in [-0.3, -0.25) is 9.69 Å². The zero-order chi connectivity index (χ0) is 30.7.